The number of ketones is 1. The highest BCUT2D eigenvalue weighted by molar-refractivity contribution is 7.17. The van der Waals surface area contributed by atoms with Crippen LogP contribution in [-0.2, 0) is 6.42 Å². The van der Waals surface area contributed by atoms with Crippen molar-refractivity contribution in [2.24, 2.45) is 0 Å². The molecular formula is C15H14N4O3S2. The van der Waals surface area contributed by atoms with Gasteiger partial charge in [0, 0.05) is 24.4 Å². The number of carboxylic acid groups (broad SMARTS) is 1. The van der Waals surface area contributed by atoms with Crippen LogP contribution >= 0.6 is 22.7 Å². The molecule has 0 radical (unpaired) electrons. The lowest BCUT2D eigenvalue weighted by atomic mass is 10.2. The summed E-state index contributed by atoms with van der Waals surface area (Å²) in [6.07, 6.45) is -0.778. The summed E-state index contributed by atoms with van der Waals surface area (Å²) < 4.78 is 0.769. The van der Waals surface area contributed by atoms with Crippen LogP contribution in [0, 0.1) is 0 Å². The van der Waals surface area contributed by atoms with E-state index in [0.29, 0.717) is 30.1 Å². The molecule has 3 aromatic heterocycles. The van der Waals surface area contributed by atoms with E-state index in [1.807, 2.05) is 29.0 Å². The van der Waals surface area contributed by atoms with Gasteiger partial charge in [0.25, 0.3) is 0 Å². The predicted octanol–water partition coefficient (Wildman–Crippen LogP) is 2.86. The highest BCUT2D eigenvalue weighted by atomic mass is 32.1. The quantitative estimate of drug-likeness (QED) is 0.441. The summed E-state index contributed by atoms with van der Waals surface area (Å²) in [6.45, 7) is 0.555. The zero-order chi connectivity index (χ0) is 16.9. The monoisotopic (exact) mass is 362 g/mol. The fourth-order valence-corrected chi connectivity index (χ4v) is 3.67. The van der Waals surface area contributed by atoms with E-state index < -0.39 is 6.09 Å². The molecule has 3 aromatic rings. The summed E-state index contributed by atoms with van der Waals surface area (Å²) in [4.78, 5) is 32.7. The molecule has 0 aliphatic rings. The van der Waals surface area contributed by atoms with Gasteiger partial charge in [-0.2, -0.15) is 0 Å². The summed E-state index contributed by atoms with van der Waals surface area (Å²) in [5.74, 6) is 0.265. The van der Waals surface area contributed by atoms with Gasteiger partial charge in [0.15, 0.2) is 5.78 Å². The molecule has 0 saturated carbocycles. The van der Waals surface area contributed by atoms with Crippen molar-refractivity contribution in [1.29, 1.82) is 0 Å². The van der Waals surface area contributed by atoms with Crippen LogP contribution in [0.25, 0.3) is 10.2 Å². The Hall–Kier alpha value is -2.52. The Balaban J connectivity index is 1.79. The summed E-state index contributed by atoms with van der Waals surface area (Å²) in [5, 5.41) is 17.6. The summed E-state index contributed by atoms with van der Waals surface area (Å²) in [5.41, 5.74) is 1.11. The van der Waals surface area contributed by atoms with E-state index in [0.717, 1.165) is 9.58 Å². The van der Waals surface area contributed by atoms with Crippen LogP contribution in [0.4, 0.5) is 10.7 Å². The minimum Gasteiger partial charge on any atom is -0.465 e. The van der Waals surface area contributed by atoms with E-state index in [1.54, 1.807) is 0 Å². The van der Waals surface area contributed by atoms with Gasteiger partial charge < -0.3 is 15.7 Å². The Morgan fingerprint density at radius 3 is 2.75 bits per heavy atom. The second-order valence-corrected chi connectivity index (χ2v) is 6.82. The molecule has 0 bridgehead atoms. The Morgan fingerprint density at radius 2 is 2.00 bits per heavy atom. The molecule has 7 nitrogen and oxygen atoms in total. The molecule has 3 heterocycles. The van der Waals surface area contributed by atoms with Crippen LogP contribution in [0.3, 0.4) is 0 Å². The minimum absolute atomic E-state index is 0.0565. The van der Waals surface area contributed by atoms with Gasteiger partial charge in [0.2, 0.25) is 5.95 Å². The summed E-state index contributed by atoms with van der Waals surface area (Å²) in [6, 6.07) is 5.67. The number of fused-ring (bicyclic) bond motifs is 1. The third-order valence-corrected chi connectivity index (χ3v) is 4.95. The van der Waals surface area contributed by atoms with Gasteiger partial charge in [0.05, 0.1) is 10.2 Å². The SMILES string of the molecule is O=C(O)NCCNc1nc(C(=O)Cc2cccs2)c2sccc2n1. The zero-order valence-corrected chi connectivity index (χ0v) is 14.1. The number of carbonyl (C=O) groups excluding carboxylic acids is 1. The van der Waals surface area contributed by atoms with Crippen LogP contribution < -0.4 is 10.6 Å². The fourth-order valence-electron chi connectivity index (χ4n) is 2.13. The van der Waals surface area contributed by atoms with E-state index in [2.05, 4.69) is 20.6 Å². The first kappa shape index (κ1) is 16.3. The maximum atomic E-state index is 12.6. The number of carbonyl (C=O) groups is 2. The molecule has 9 heteroatoms. The number of nitrogens with zero attached hydrogens (tertiary/aromatic N) is 2. The number of hydrogen-bond acceptors (Lipinski definition) is 7. The van der Waals surface area contributed by atoms with Crippen LogP contribution in [0.1, 0.15) is 15.4 Å². The van der Waals surface area contributed by atoms with Gasteiger partial charge in [-0.05, 0) is 22.9 Å². The molecule has 0 aliphatic carbocycles. The highest BCUT2D eigenvalue weighted by Gasteiger charge is 2.17. The van der Waals surface area contributed by atoms with Gasteiger partial charge in [0.1, 0.15) is 5.69 Å². The van der Waals surface area contributed by atoms with Gasteiger partial charge in [-0.1, -0.05) is 6.07 Å². The lowest BCUT2D eigenvalue weighted by Gasteiger charge is -2.07. The maximum absolute atomic E-state index is 12.6. The van der Waals surface area contributed by atoms with Gasteiger partial charge in [-0.3, -0.25) is 4.79 Å². The van der Waals surface area contributed by atoms with Crippen molar-refractivity contribution in [2.45, 2.75) is 6.42 Å². The van der Waals surface area contributed by atoms with Crippen molar-refractivity contribution in [3.05, 3.63) is 39.5 Å². The highest BCUT2D eigenvalue weighted by Crippen LogP contribution is 2.25. The molecular weight excluding hydrogens is 348 g/mol. The molecule has 0 spiro atoms. The first-order valence-electron chi connectivity index (χ1n) is 7.15. The van der Waals surface area contributed by atoms with Crippen molar-refractivity contribution in [3.63, 3.8) is 0 Å². The number of anilines is 1. The lowest BCUT2D eigenvalue weighted by molar-refractivity contribution is 0.0991. The molecule has 3 rings (SSSR count). The van der Waals surface area contributed by atoms with Crippen LogP contribution in [-0.4, -0.2) is 40.0 Å². The maximum Gasteiger partial charge on any atom is 0.404 e. The van der Waals surface area contributed by atoms with Gasteiger partial charge in [-0.15, -0.1) is 22.7 Å². The lowest BCUT2D eigenvalue weighted by Crippen LogP contribution is -2.27. The smallest absolute Gasteiger partial charge is 0.404 e. The standard InChI is InChI=1S/C15H14N4O3S2/c20-11(8-9-2-1-6-23-9)12-13-10(3-7-24-13)18-14(19-12)16-4-5-17-15(21)22/h1-3,6-7,17H,4-5,8H2,(H,21,22)(H,16,18,19). The topological polar surface area (TPSA) is 104 Å². The number of amides is 1. The molecule has 0 atom stereocenters. The molecule has 24 heavy (non-hydrogen) atoms. The zero-order valence-electron chi connectivity index (χ0n) is 12.5. The van der Waals surface area contributed by atoms with Gasteiger partial charge in [-0.25, -0.2) is 14.8 Å². The number of hydrogen-bond donors (Lipinski definition) is 3. The molecule has 0 aliphatic heterocycles. The van der Waals surface area contributed by atoms with Crippen LogP contribution in [0.5, 0.6) is 0 Å². The average molecular weight is 362 g/mol. The summed E-state index contributed by atoms with van der Waals surface area (Å²) >= 11 is 2.97. The molecule has 0 saturated heterocycles. The van der Waals surface area contributed by atoms with Gasteiger partial charge >= 0.3 is 6.09 Å². The second kappa shape index (κ2) is 7.37. The van der Waals surface area contributed by atoms with E-state index in [1.165, 1.54) is 22.7 Å². The van der Waals surface area contributed by atoms with E-state index in [-0.39, 0.29) is 12.3 Å². The van der Waals surface area contributed by atoms with E-state index in [4.69, 9.17) is 5.11 Å². The molecule has 3 N–H and O–H groups in total. The number of nitrogens with one attached hydrogen (secondary N) is 2. The third kappa shape index (κ3) is 3.87. The predicted molar refractivity (Wildman–Crippen MR) is 94.3 cm³/mol. The molecule has 1 amide bonds. The third-order valence-electron chi connectivity index (χ3n) is 3.17. The van der Waals surface area contributed by atoms with Crippen molar-refractivity contribution >= 4 is 50.7 Å². The van der Waals surface area contributed by atoms with E-state index >= 15 is 0 Å². The minimum atomic E-state index is -1.09. The number of thiophene rings is 2. The first-order valence-corrected chi connectivity index (χ1v) is 8.91. The van der Waals surface area contributed by atoms with Crippen molar-refractivity contribution < 1.29 is 14.7 Å². The summed E-state index contributed by atoms with van der Waals surface area (Å²) in [7, 11) is 0. The second-order valence-electron chi connectivity index (χ2n) is 4.87. The molecule has 124 valence electrons. The first-order chi connectivity index (χ1) is 11.6. The molecule has 0 fully saturated rings. The van der Waals surface area contributed by atoms with Crippen LogP contribution in [0.2, 0.25) is 0 Å². The van der Waals surface area contributed by atoms with Crippen molar-refractivity contribution in [2.75, 3.05) is 18.4 Å². The van der Waals surface area contributed by atoms with E-state index in [9.17, 15) is 9.59 Å². The Kier molecular flexibility index (Phi) is 5.02. The van der Waals surface area contributed by atoms with Crippen LogP contribution in [0.15, 0.2) is 29.0 Å². The normalized spacial score (nSPS) is 10.7. The largest absolute Gasteiger partial charge is 0.465 e. The fraction of sp³-hybridized carbons (Fsp3) is 0.200. The number of rotatable bonds is 7. The Labute approximate surface area is 145 Å². The average Bonchev–Trinajstić information content (AvgIpc) is 3.21. The number of aromatic nitrogens is 2. The molecule has 0 unspecified atom stereocenters. The number of Topliss-reactive ketones (excluding diaryl/α,β-unsaturated/α-hetero) is 1. The molecule has 0 aromatic carbocycles. The van der Waals surface area contributed by atoms with Crippen molar-refractivity contribution in [3.8, 4) is 0 Å². The Bertz CT molecular complexity index is 861. The Morgan fingerprint density at radius 1 is 1.12 bits per heavy atom. The van der Waals surface area contributed by atoms with Crippen molar-refractivity contribution in [1.82, 2.24) is 15.3 Å².